The lowest BCUT2D eigenvalue weighted by atomic mass is 10.1. The van der Waals surface area contributed by atoms with Crippen LogP contribution in [0, 0.1) is 0 Å². The van der Waals surface area contributed by atoms with Gasteiger partial charge in [0.05, 0.1) is 12.7 Å². The van der Waals surface area contributed by atoms with E-state index >= 15 is 0 Å². The van der Waals surface area contributed by atoms with Crippen LogP contribution in [0.15, 0.2) is 30.5 Å². The van der Waals surface area contributed by atoms with E-state index in [-0.39, 0.29) is 0 Å². The molecule has 1 amide bonds. The number of nitrogens with two attached hydrogens (primary N) is 1. The fourth-order valence-corrected chi connectivity index (χ4v) is 2.16. The quantitative estimate of drug-likeness (QED) is 0.845. The number of hydrogen-bond acceptors (Lipinski definition) is 4. The molecule has 0 bridgehead atoms. The van der Waals surface area contributed by atoms with Crippen LogP contribution in [0.5, 0.6) is 0 Å². The maximum Gasteiger partial charge on any atom is 0.407 e. The molecule has 0 aliphatic heterocycles. The van der Waals surface area contributed by atoms with Crippen LogP contribution in [0.4, 0.5) is 10.5 Å². The smallest absolute Gasteiger partial charge is 0.407 e. The molecule has 0 radical (unpaired) electrons. The molecule has 7 nitrogen and oxygen atoms in total. The van der Waals surface area contributed by atoms with Crippen molar-refractivity contribution in [3.8, 4) is 11.3 Å². The minimum absolute atomic E-state index is 0.346. The lowest BCUT2D eigenvalue weighted by Crippen LogP contribution is -2.46. The predicted octanol–water partition coefficient (Wildman–Crippen LogP) is 2.31. The number of aromatic nitrogens is 3. The summed E-state index contributed by atoms with van der Waals surface area (Å²) in [4.78, 5) is 12.7. The molecule has 7 heteroatoms. The van der Waals surface area contributed by atoms with Crippen LogP contribution in [0.25, 0.3) is 11.3 Å². The molecule has 0 saturated carbocycles. The van der Waals surface area contributed by atoms with Gasteiger partial charge in [-0.2, -0.15) is 0 Å². The number of nitrogen functional groups attached to an aromatic ring is 1. The van der Waals surface area contributed by atoms with Crippen molar-refractivity contribution in [2.75, 3.05) is 12.3 Å². The van der Waals surface area contributed by atoms with Crippen molar-refractivity contribution in [1.29, 1.82) is 0 Å². The highest BCUT2D eigenvalue weighted by Gasteiger charge is 2.25. The zero-order valence-corrected chi connectivity index (χ0v) is 13.0. The number of hydrogen-bond donors (Lipinski definition) is 2. The van der Waals surface area contributed by atoms with Crippen molar-refractivity contribution >= 4 is 11.8 Å². The monoisotopic (exact) mass is 303 g/mol. The Labute approximate surface area is 129 Å². The zero-order valence-electron chi connectivity index (χ0n) is 13.0. The highest BCUT2D eigenvalue weighted by atomic mass is 16.4. The fraction of sp³-hybridized carbons (Fsp3) is 0.400. The molecule has 2 rings (SSSR count). The average Bonchev–Trinajstić information content (AvgIpc) is 2.85. The fourth-order valence-electron chi connectivity index (χ4n) is 2.16. The Morgan fingerprint density at radius 3 is 2.73 bits per heavy atom. The number of rotatable bonds is 4. The van der Waals surface area contributed by atoms with E-state index in [1.807, 2.05) is 45.0 Å². The first-order valence-electron chi connectivity index (χ1n) is 7.04. The van der Waals surface area contributed by atoms with E-state index in [1.54, 1.807) is 10.9 Å². The summed E-state index contributed by atoms with van der Waals surface area (Å²) < 4.78 is 1.64. The van der Waals surface area contributed by atoms with Gasteiger partial charge >= 0.3 is 6.09 Å². The Kier molecular flexibility index (Phi) is 4.35. The van der Waals surface area contributed by atoms with Crippen LogP contribution >= 0.6 is 0 Å². The van der Waals surface area contributed by atoms with Crippen molar-refractivity contribution in [1.82, 2.24) is 19.9 Å². The summed E-state index contributed by atoms with van der Waals surface area (Å²) in [5.74, 6) is 0. The summed E-state index contributed by atoms with van der Waals surface area (Å²) in [7, 11) is 0. The number of benzene rings is 1. The van der Waals surface area contributed by atoms with Crippen molar-refractivity contribution in [3.05, 3.63) is 30.5 Å². The highest BCUT2D eigenvalue weighted by Crippen LogP contribution is 2.19. The molecule has 22 heavy (non-hydrogen) atoms. The van der Waals surface area contributed by atoms with Crippen LogP contribution in [-0.4, -0.2) is 43.2 Å². The topological polar surface area (TPSA) is 97.3 Å². The van der Waals surface area contributed by atoms with Crippen molar-refractivity contribution in [2.24, 2.45) is 0 Å². The molecule has 3 N–H and O–H groups in total. The maximum atomic E-state index is 11.3. The first-order chi connectivity index (χ1) is 10.3. The molecular weight excluding hydrogens is 282 g/mol. The van der Waals surface area contributed by atoms with Crippen LogP contribution in [0.3, 0.4) is 0 Å². The number of anilines is 1. The van der Waals surface area contributed by atoms with E-state index in [0.29, 0.717) is 24.5 Å². The van der Waals surface area contributed by atoms with Gasteiger partial charge in [0.15, 0.2) is 0 Å². The molecular formula is C15H21N5O2. The zero-order chi connectivity index (χ0) is 16.3. The molecule has 0 atom stereocenters. The van der Waals surface area contributed by atoms with E-state index in [0.717, 1.165) is 5.56 Å². The third-order valence-corrected chi connectivity index (χ3v) is 3.31. The van der Waals surface area contributed by atoms with Crippen LogP contribution in [0.2, 0.25) is 0 Å². The summed E-state index contributed by atoms with van der Waals surface area (Å²) in [6.45, 7) is 6.37. The summed E-state index contributed by atoms with van der Waals surface area (Å²) in [6, 6.07) is 7.40. The summed E-state index contributed by atoms with van der Waals surface area (Å²) in [6.07, 6.45) is 0.848. The van der Waals surface area contributed by atoms with Gasteiger partial charge in [-0.05, 0) is 32.9 Å². The average molecular weight is 303 g/mol. The SMILES string of the molecule is CC(C)(C)N(CCn1cc(-c2cccc(N)c2)nn1)C(=O)O. The molecule has 0 saturated heterocycles. The molecule has 0 fully saturated rings. The lowest BCUT2D eigenvalue weighted by Gasteiger charge is -2.32. The summed E-state index contributed by atoms with van der Waals surface area (Å²) >= 11 is 0. The van der Waals surface area contributed by atoms with E-state index in [1.165, 1.54) is 4.90 Å². The van der Waals surface area contributed by atoms with Crippen LogP contribution < -0.4 is 5.73 Å². The van der Waals surface area contributed by atoms with Gasteiger partial charge in [-0.25, -0.2) is 4.79 Å². The van der Waals surface area contributed by atoms with Crippen molar-refractivity contribution in [2.45, 2.75) is 32.9 Å². The Balaban J connectivity index is 2.08. The van der Waals surface area contributed by atoms with E-state index in [2.05, 4.69) is 10.3 Å². The normalized spacial score (nSPS) is 11.4. The van der Waals surface area contributed by atoms with Crippen molar-refractivity contribution < 1.29 is 9.90 Å². The second-order valence-corrected chi connectivity index (χ2v) is 6.10. The maximum absolute atomic E-state index is 11.3. The minimum atomic E-state index is -0.941. The third kappa shape index (κ3) is 3.75. The van der Waals surface area contributed by atoms with Crippen LogP contribution in [0.1, 0.15) is 20.8 Å². The Morgan fingerprint density at radius 2 is 2.14 bits per heavy atom. The molecule has 0 aliphatic carbocycles. The van der Waals surface area contributed by atoms with Gasteiger partial charge in [0.1, 0.15) is 5.69 Å². The van der Waals surface area contributed by atoms with Crippen LogP contribution in [-0.2, 0) is 6.54 Å². The molecule has 0 unspecified atom stereocenters. The number of amides is 1. The van der Waals surface area contributed by atoms with E-state index in [9.17, 15) is 9.90 Å². The van der Waals surface area contributed by atoms with E-state index in [4.69, 9.17) is 5.73 Å². The van der Waals surface area contributed by atoms with Crippen molar-refractivity contribution in [3.63, 3.8) is 0 Å². The van der Waals surface area contributed by atoms with E-state index < -0.39 is 11.6 Å². The first-order valence-corrected chi connectivity index (χ1v) is 7.04. The first kappa shape index (κ1) is 15.8. The lowest BCUT2D eigenvalue weighted by molar-refractivity contribution is 0.0970. The molecule has 0 spiro atoms. The van der Waals surface area contributed by atoms with Gasteiger partial charge in [0.25, 0.3) is 0 Å². The van der Waals surface area contributed by atoms with Gasteiger partial charge in [-0.3, -0.25) is 4.68 Å². The number of nitrogens with zero attached hydrogens (tertiary/aromatic N) is 4. The summed E-state index contributed by atoms with van der Waals surface area (Å²) in [5, 5.41) is 17.4. The number of carboxylic acid groups (broad SMARTS) is 1. The second-order valence-electron chi connectivity index (χ2n) is 6.10. The second kappa shape index (κ2) is 6.05. The number of carbonyl (C=O) groups is 1. The molecule has 118 valence electrons. The molecule has 1 heterocycles. The van der Waals surface area contributed by atoms with Gasteiger partial charge in [-0.15, -0.1) is 5.10 Å². The Bertz CT molecular complexity index is 660. The molecule has 1 aromatic heterocycles. The molecule has 0 aliphatic rings. The Hall–Kier alpha value is -2.57. The van der Waals surface area contributed by atoms with Gasteiger partial charge in [0.2, 0.25) is 0 Å². The summed E-state index contributed by atoms with van der Waals surface area (Å²) in [5.41, 5.74) is 7.56. The minimum Gasteiger partial charge on any atom is -0.465 e. The van der Waals surface area contributed by atoms with Gasteiger partial charge < -0.3 is 15.7 Å². The Morgan fingerprint density at radius 1 is 1.41 bits per heavy atom. The third-order valence-electron chi connectivity index (χ3n) is 3.31. The standard InChI is InChI=1S/C15H21N5O2/c1-15(2,3)20(14(21)22)8-7-19-10-13(17-18-19)11-5-4-6-12(16)9-11/h4-6,9-10H,7-8,16H2,1-3H3,(H,21,22). The van der Waals surface area contributed by atoms with Gasteiger partial charge in [0, 0.05) is 23.3 Å². The van der Waals surface area contributed by atoms with Gasteiger partial charge in [-0.1, -0.05) is 17.3 Å². The molecule has 1 aromatic carbocycles. The highest BCUT2D eigenvalue weighted by molar-refractivity contribution is 5.66. The largest absolute Gasteiger partial charge is 0.465 e. The molecule has 2 aromatic rings. The predicted molar refractivity (Wildman–Crippen MR) is 84.4 cm³/mol.